The molecule has 10 rings (SSSR count). The highest BCUT2D eigenvalue weighted by Crippen LogP contribution is 2.52. The first-order chi connectivity index (χ1) is 24.3. The first-order valence-corrected chi connectivity index (χ1v) is 17.6. The zero-order chi connectivity index (χ0) is 33.8. The van der Waals surface area contributed by atoms with Gasteiger partial charge in [-0.2, -0.15) is 0 Å². The third-order valence-electron chi connectivity index (χ3n) is 11.7. The molecule has 50 heavy (non-hydrogen) atoms. The van der Waals surface area contributed by atoms with Crippen molar-refractivity contribution in [1.82, 2.24) is 9.97 Å². The van der Waals surface area contributed by atoms with Gasteiger partial charge in [0.25, 0.3) is 0 Å². The molecule has 8 aromatic rings. The predicted molar refractivity (Wildman–Crippen MR) is 208 cm³/mol. The fraction of sp³-hybridized carbons (Fsp3) is 0.125. The molecule has 1 aromatic heterocycles. The lowest BCUT2D eigenvalue weighted by Crippen LogP contribution is -2.14. The van der Waals surface area contributed by atoms with Gasteiger partial charge in [0.05, 0.1) is 0 Å². The Hall–Kier alpha value is -5.86. The van der Waals surface area contributed by atoms with Gasteiger partial charge in [-0.15, -0.1) is 0 Å². The first kappa shape index (κ1) is 29.1. The maximum absolute atomic E-state index is 4.45. The third kappa shape index (κ3) is 3.96. The summed E-state index contributed by atoms with van der Waals surface area (Å²) in [6.45, 7) is 9.44. The van der Waals surface area contributed by atoms with E-state index in [1.165, 1.54) is 93.9 Å². The van der Waals surface area contributed by atoms with E-state index in [9.17, 15) is 0 Å². The van der Waals surface area contributed by atoms with Crippen molar-refractivity contribution in [2.75, 3.05) is 0 Å². The van der Waals surface area contributed by atoms with Gasteiger partial charge in [-0.25, -0.2) is 9.97 Å². The normalized spacial score (nSPS) is 14.7. The average molecular weight is 641 g/mol. The summed E-state index contributed by atoms with van der Waals surface area (Å²) in [4.78, 5) is 8.90. The SMILES string of the molecule is CC1(C)c2ccccc2-c2ccc(-c3ccc4c(-c5cncnc5)c5ccccc5c(-c5ccc6c(c5)C(C)(C)c5ccccc5-6)c4c3)cc21. The monoisotopic (exact) mass is 640 g/mol. The summed E-state index contributed by atoms with van der Waals surface area (Å²) in [5.74, 6) is 0. The van der Waals surface area contributed by atoms with Crippen LogP contribution in [-0.2, 0) is 10.8 Å². The van der Waals surface area contributed by atoms with Crippen molar-refractivity contribution in [2.45, 2.75) is 38.5 Å². The van der Waals surface area contributed by atoms with E-state index >= 15 is 0 Å². The molecule has 0 aliphatic heterocycles. The fourth-order valence-corrected chi connectivity index (χ4v) is 9.15. The highest BCUT2D eigenvalue weighted by Gasteiger charge is 2.36. The van der Waals surface area contributed by atoms with Crippen molar-refractivity contribution in [2.24, 2.45) is 0 Å². The Morgan fingerprint density at radius 2 is 0.800 bits per heavy atom. The summed E-state index contributed by atoms with van der Waals surface area (Å²) in [5, 5.41) is 4.87. The topological polar surface area (TPSA) is 25.8 Å². The van der Waals surface area contributed by atoms with Crippen molar-refractivity contribution in [3.8, 4) is 55.6 Å². The van der Waals surface area contributed by atoms with Crippen molar-refractivity contribution in [1.29, 1.82) is 0 Å². The summed E-state index contributed by atoms with van der Waals surface area (Å²) in [5.41, 5.74) is 17.9. The molecule has 0 N–H and O–H groups in total. The first-order valence-electron chi connectivity index (χ1n) is 17.6. The van der Waals surface area contributed by atoms with Crippen molar-refractivity contribution >= 4 is 21.5 Å². The van der Waals surface area contributed by atoms with Crippen LogP contribution in [0.5, 0.6) is 0 Å². The van der Waals surface area contributed by atoms with Crippen LogP contribution < -0.4 is 0 Å². The molecule has 1 heterocycles. The number of benzene rings is 7. The second kappa shape index (κ2) is 10.3. The van der Waals surface area contributed by atoms with Crippen LogP contribution in [0.1, 0.15) is 49.9 Å². The lowest BCUT2D eigenvalue weighted by Gasteiger charge is -2.23. The fourth-order valence-electron chi connectivity index (χ4n) is 9.15. The molecule has 0 saturated heterocycles. The molecule has 0 atom stereocenters. The maximum Gasteiger partial charge on any atom is 0.115 e. The smallest absolute Gasteiger partial charge is 0.115 e. The minimum absolute atomic E-state index is 0.0601. The Labute approximate surface area is 293 Å². The number of hydrogen-bond acceptors (Lipinski definition) is 2. The Morgan fingerprint density at radius 3 is 1.42 bits per heavy atom. The summed E-state index contributed by atoms with van der Waals surface area (Å²) in [6.07, 6.45) is 5.49. The minimum Gasteiger partial charge on any atom is -0.244 e. The van der Waals surface area contributed by atoms with Gasteiger partial charge in [-0.3, -0.25) is 0 Å². The molecule has 0 spiro atoms. The largest absolute Gasteiger partial charge is 0.244 e. The molecule has 0 unspecified atom stereocenters. The van der Waals surface area contributed by atoms with Crippen LogP contribution in [0.2, 0.25) is 0 Å². The van der Waals surface area contributed by atoms with Crippen LogP contribution >= 0.6 is 0 Å². The van der Waals surface area contributed by atoms with Gasteiger partial charge in [0.2, 0.25) is 0 Å². The van der Waals surface area contributed by atoms with E-state index in [1.54, 1.807) is 6.33 Å². The molecule has 0 amide bonds. The van der Waals surface area contributed by atoms with Gasteiger partial charge in [-0.05, 0) is 107 Å². The zero-order valence-electron chi connectivity index (χ0n) is 28.8. The highest BCUT2D eigenvalue weighted by atomic mass is 14.8. The van der Waals surface area contributed by atoms with Gasteiger partial charge in [0.15, 0.2) is 0 Å². The second-order valence-corrected chi connectivity index (χ2v) is 15.0. The summed E-state index contributed by atoms with van der Waals surface area (Å²) in [6, 6.07) is 47.9. The Bertz CT molecular complexity index is 2700. The molecule has 0 fully saturated rings. The van der Waals surface area contributed by atoms with E-state index < -0.39 is 0 Å². The van der Waals surface area contributed by atoms with E-state index in [4.69, 9.17) is 0 Å². The quantitative estimate of drug-likeness (QED) is 0.180. The van der Waals surface area contributed by atoms with Gasteiger partial charge >= 0.3 is 0 Å². The zero-order valence-corrected chi connectivity index (χ0v) is 28.8. The van der Waals surface area contributed by atoms with Crippen molar-refractivity contribution in [3.05, 3.63) is 168 Å². The molecule has 2 heteroatoms. The second-order valence-electron chi connectivity index (χ2n) is 15.0. The summed E-state index contributed by atoms with van der Waals surface area (Å²) < 4.78 is 0. The van der Waals surface area contributed by atoms with Gasteiger partial charge in [-0.1, -0.05) is 137 Å². The molecular weight excluding hydrogens is 605 g/mol. The Balaban J connectivity index is 1.25. The van der Waals surface area contributed by atoms with E-state index in [2.05, 4.69) is 165 Å². The van der Waals surface area contributed by atoms with E-state index in [0.717, 1.165) is 5.56 Å². The lowest BCUT2D eigenvalue weighted by molar-refractivity contribution is 0.660. The van der Waals surface area contributed by atoms with E-state index in [0.29, 0.717) is 0 Å². The van der Waals surface area contributed by atoms with Gasteiger partial charge in [0.1, 0.15) is 6.33 Å². The van der Waals surface area contributed by atoms with E-state index in [-0.39, 0.29) is 10.8 Å². The number of hydrogen-bond donors (Lipinski definition) is 0. The van der Waals surface area contributed by atoms with Crippen LogP contribution in [0.15, 0.2) is 146 Å². The van der Waals surface area contributed by atoms with Gasteiger partial charge in [0, 0.05) is 34.4 Å². The molecule has 238 valence electrons. The van der Waals surface area contributed by atoms with Crippen molar-refractivity contribution in [3.63, 3.8) is 0 Å². The minimum atomic E-state index is -0.0885. The van der Waals surface area contributed by atoms with E-state index in [1.807, 2.05) is 12.4 Å². The number of nitrogens with zero attached hydrogens (tertiary/aromatic N) is 2. The highest BCUT2D eigenvalue weighted by molar-refractivity contribution is 6.22. The van der Waals surface area contributed by atoms with Crippen LogP contribution in [0.25, 0.3) is 77.2 Å². The third-order valence-corrected chi connectivity index (χ3v) is 11.7. The molecular formula is C48H36N2. The Kier molecular flexibility index (Phi) is 6.01. The molecule has 2 aliphatic carbocycles. The average Bonchev–Trinajstić information content (AvgIpc) is 3.53. The summed E-state index contributed by atoms with van der Waals surface area (Å²) in [7, 11) is 0. The van der Waals surface area contributed by atoms with Crippen LogP contribution in [-0.4, -0.2) is 9.97 Å². The summed E-state index contributed by atoms with van der Waals surface area (Å²) >= 11 is 0. The maximum atomic E-state index is 4.45. The molecule has 0 bridgehead atoms. The molecule has 7 aromatic carbocycles. The molecule has 2 aliphatic rings. The number of fused-ring (bicyclic) bond motifs is 8. The molecule has 0 radical (unpaired) electrons. The number of aromatic nitrogens is 2. The molecule has 2 nitrogen and oxygen atoms in total. The molecule has 0 saturated carbocycles. The Morgan fingerprint density at radius 1 is 0.360 bits per heavy atom. The van der Waals surface area contributed by atoms with Crippen LogP contribution in [0.4, 0.5) is 0 Å². The van der Waals surface area contributed by atoms with Crippen LogP contribution in [0, 0.1) is 0 Å². The predicted octanol–water partition coefficient (Wildman–Crippen LogP) is 12.4. The number of rotatable bonds is 3. The van der Waals surface area contributed by atoms with Crippen molar-refractivity contribution < 1.29 is 0 Å². The standard InChI is InChI=1S/C48H36N2/c1-47(2)41-15-9-7-11-33(41)35-20-17-30(24-43(35)47)29-18-22-39-40(23-29)45(37-13-5-6-14-38(37)46(39)32-26-49-28-50-27-32)31-19-21-36-34-12-8-10-16-42(34)48(3,4)44(36)25-31/h5-28H,1-4H3. The van der Waals surface area contributed by atoms with Crippen LogP contribution in [0.3, 0.4) is 0 Å². The lowest BCUT2D eigenvalue weighted by atomic mass is 9.80. The van der Waals surface area contributed by atoms with Gasteiger partial charge < -0.3 is 0 Å².